The van der Waals surface area contributed by atoms with E-state index in [4.69, 9.17) is 11.6 Å². The number of aliphatic hydroxyl groups is 1. The molecule has 184 valence electrons. The monoisotopic (exact) mass is 501 g/mol. The van der Waals surface area contributed by atoms with Gasteiger partial charge in [0.05, 0.1) is 22.6 Å². The summed E-state index contributed by atoms with van der Waals surface area (Å²) in [5, 5.41) is 23.1. The Kier molecular flexibility index (Phi) is 5.12. The first kappa shape index (κ1) is 23.3. The van der Waals surface area contributed by atoms with Crippen LogP contribution in [-0.4, -0.2) is 28.7 Å². The van der Waals surface area contributed by atoms with Gasteiger partial charge in [-0.2, -0.15) is 0 Å². The number of rotatable bonds is 6. The number of halogens is 1. The van der Waals surface area contributed by atoms with E-state index in [-0.39, 0.29) is 29.8 Å². The maximum Gasteiger partial charge on any atom is 0.335 e. The highest BCUT2D eigenvalue weighted by atomic mass is 35.5. The number of hydrogen-bond acceptors (Lipinski definition) is 3. The van der Waals surface area contributed by atoms with Gasteiger partial charge < -0.3 is 15.5 Å². The minimum Gasteiger partial charge on any atom is -0.478 e. The van der Waals surface area contributed by atoms with Crippen molar-refractivity contribution < 1.29 is 19.8 Å². The molecule has 36 heavy (non-hydrogen) atoms. The van der Waals surface area contributed by atoms with Crippen molar-refractivity contribution >= 4 is 29.2 Å². The molecule has 3 aromatic rings. The van der Waals surface area contributed by atoms with E-state index in [0.29, 0.717) is 17.0 Å². The van der Waals surface area contributed by atoms with Crippen molar-refractivity contribution in [1.29, 1.82) is 0 Å². The van der Waals surface area contributed by atoms with Crippen molar-refractivity contribution in [3.8, 4) is 11.1 Å². The van der Waals surface area contributed by atoms with Crippen molar-refractivity contribution in [2.75, 3.05) is 11.9 Å². The fourth-order valence-electron chi connectivity index (χ4n) is 6.01. The van der Waals surface area contributed by atoms with Gasteiger partial charge in [0.15, 0.2) is 0 Å². The van der Waals surface area contributed by atoms with E-state index in [2.05, 4.69) is 17.4 Å². The largest absolute Gasteiger partial charge is 0.478 e. The summed E-state index contributed by atoms with van der Waals surface area (Å²) in [6.07, 6.45) is 2.63. The molecule has 1 aliphatic heterocycles. The Bertz CT molecular complexity index is 1420. The molecule has 2 saturated carbocycles. The average molecular weight is 502 g/mol. The molecule has 1 heterocycles. The van der Waals surface area contributed by atoms with Crippen molar-refractivity contribution in [2.45, 2.75) is 55.8 Å². The zero-order chi connectivity index (χ0) is 25.4. The molecule has 3 N–H and O–H groups in total. The lowest BCUT2D eigenvalue weighted by atomic mass is 9.87. The summed E-state index contributed by atoms with van der Waals surface area (Å²) in [5.41, 5.74) is 5.77. The van der Waals surface area contributed by atoms with Gasteiger partial charge >= 0.3 is 5.97 Å². The Balaban J connectivity index is 1.38. The predicted octanol–water partition coefficient (Wildman–Crippen LogP) is 6.23. The molecule has 1 amide bonds. The number of carbonyl (C=O) groups is 2. The number of benzene rings is 3. The van der Waals surface area contributed by atoms with Crippen molar-refractivity contribution in [3.63, 3.8) is 0 Å². The van der Waals surface area contributed by atoms with Gasteiger partial charge in [-0.3, -0.25) is 4.79 Å². The molecule has 6 heteroatoms. The van der Waals surface area contributed by atoms with Crippen LogP contribution in [-0.2, 0) is 15.6 Å². The number of amides is 1. The second kappa shape index (κ2) is 7.92. The maximum absolute atomic E-state index is 13.3. The molecular formula is C30H28ClNO4. The Morgan fingerprint density at radius 2 is 1.83 bits per heavy atom. The van der Waals surface area contributed by atoms with Gasteiger partial charge in [0, 0.05) is 22.6 Å². The molecule has 2 atom stereocenters. The maximum atomic E-state index is 13.3. The van der Waals surface area contributed by atoms with E-state index >= 15 is 0 Å². The number of anilines is 1. The van der Waals surface area contributed by atoms with E-state index in [0.717, 1.165) is 51.9 Å². The molecule has 0 bridgehead atoms. The van der Waals surface area contributed by atoms with Crippen molar-refractivity contribution in [2.24, 2.45) is 0 Å². The first-order chi connectivity index (χ1) is 17.2. The summed E-state index contributed by atoms with van der Waals surface area (Å²) >= 11 is 6.67. The van der Waals surface area contributed by atoms with Crippen molar-refractivity contribution in [3.05, 3.63) is 87.4 Å². The molecule has 5 nitrogen and oxygen atoms in total. The third-order valence-corrected chi connectivity index (χ3v) is 8.81. The van der Waals surface area contributed by atoms with Gasteiger partial charge in [-0.1, -0.05) is 61.8 Å². The molecule has 6 rings (SSSR count). The van der Waals surface area contributed by atoms with Gasteiger partial charge in [-0.25, -0.2) is 4.79 Å². The second-order valence-electron chi connectivity index (χ2n) is 10.9. The summed E-state index contributed by atoms with van der Waals surface area (Å²) in [7, 11) is 0. The average Bonchev–Trinajstić information content (AvgIpc) is 3.77. The Hall–Kier alpha value is -3.15. The normalized spacial score (nSPS) is 23.0. The van der Waals surface area contributed by atoms with Crippen LogP contribution in [0.1, 0.15) is 77.6 Å². The highest BCUT2D eigenvalue weighted by molar-refractivity contribution is 6.34. The second-order valence-corrected chi connectivity index (χ2v) is 11.3. The molecule has 0 radical (unpaired) electrons. The number of aromatic carboxylic acids is 1. The first-order valence-corrected chi connectivity index (χ1v) is 12.8. The fraction of sp³-hybridized carbons (Fsp3) is 0.333. The van der Waals surface area contributed by atoms with Crippen LogP contribution in [0.5, 0.6) is 0 Å². The minimum atomic E-state index is -0.946. The highest BCUT2D eigenvalue weighted by Gasteiger charge is 2.65. The van der Waals surface area contributed by atoms with Gasteiger partial charge in [0.1, 0.15) is 0 Å². The highest BCUT2D eigenvalue weighted by Crippen LogP contribution is 2.65. The van der Waals surface area contributed by atoms with E-state index in [9.17, 15) is 19.8 Å². The lowest BCUT2D eigenvalue weighted by Gasteiger charge is -2.15. The summed E-state index contributed by atoms with van der Waals surface area (Å²) < 4.78 is 0. The Labute approximate surface area is 215 Å². The number of carboxylic acid groups (broad SMARTS) is 1. The number of hydrogen-bond donors (Lipinski definition) is 3. The summed E-state index contributed by atoms with van der Waals surface area (Å²) in [6, 6.07) is 17.6. The Morgan fingerprint density at radius 3 is 2.44 bits per heavy atom. The SMILES string of the molecule is CC(C)c1ccc(C2CC23C(=O)Nc2cc(Cl)c(-c4ccc(C5(CO)CC5)cc4)cc23)cc1C(=O)O. The van der Waals surface area contributed by atoms with Crippen LogP contribution in [0.25, 0.3) is 11.1 Å². The van der Waals surface area contributed by atoms with Crippen LogP contribution in [0.2, 0.25) is 5.02 Å². The quantitative estimate of drug-likeness (QED) is 0.373. The summed E-state index contributed by atoms with van der Waals surface area (Å²) in [6.45, 7) is 4.12. The van der Waals surface area contributed by atoms with Crippen LogP contribution in [0.15, 0.2) is 54.6 Å². The lowest BCUT2D eigenvalue weighted by Crippen LogP contribution is -2.21. The van der Waals surface area contributed by atoms with Crippen LogP contribution in [0, 0.1) is 0 Å². The summed E-state index contributed by atoms with van der Waals surface area (Å²) in [5.74, 6) is -1.00. The fourth-order valence-corrected chi connectivity index (χ4v) is 6.28. The van der Waals surface area contributed by atoms with Crippen molar-refractivity contribution in [1.82, 2.24) is 0 Å². The van der Waals surface area contributed by atoms with E-state index < -0.39 is 11.4 Å². The standard InChI is InChI=1S/C30H28ClNO4/c1-16(2)20-8-5-18(11-22(20)27(34)35)24-14-30(24)23-12-21(25(31)13-26(23)32-28(30)36)17-3-6-19(7-4-17)29(15-33)9-10-29/h3-8,11-13,16,24,33H,9-10,14-15H2,1-2H3,(H,32,36)(H,34,35). The zero-order valence-electron chi connectivity index (χ0n) is 20.3. The van der Waals surface area contributed by atoms with Gasteiger partial charge in [0.25, 0.3) is 0 Å². The van der Waals surface area contributed by atoms with Crippen LogP contribution >= 0.6 is 11.6 Å². The number of carboxylic acids is 1. The van der Waals surface area contributed by atoms with Gasteiger partial charge in [-0.15, -0.1) is 0 Å². The molecule has 2 aliphatic carbocycles. The van der Waals surface area contributed by atoms with Crippen LogP contribution in [0.3, 0.4) is 0 Å². The van der Waals surface area contributed by atoms with Crippen LogP contribution < -0.4 is 5.32 Å². The molecule has 1 spiro atoms. The topological polar surface area (TPSA) is 86.6 Å². The molecule has 3 aliphatic rings. The predicted molar refractivity (Wildman–Crippen MR) is 140 cm³/mol. The van der Waals surface area contributed by atoms with E-state index in [1.165, 1.54) is 0 Å². The molecule has 2 unspecified atom stereocenters. The third kappa shape index (κ3) is 3.33. The first-order valence-electron chi connectivity index (χ1n) is 12.4. The van der Waals surface area contributed by atoms with Gasteiger partial charge in [-0.05, 0) is 71.2 Å². The van der Waals surface area contributed by atoms with Gasteiger partial charge in [0.2, 0.25) is 5.91 Å². The summed E-state index contributed by atoms with van der Waals surface area (Å²) in [4.78, 5) is 25.2. The van der Waals surface area contributed by atoms with E-state index in [1.807, 2.05) is 50.2 Å². The molecular weight excluding hydrogens is 474 g/mol. The molecule has 0 aromatic heterocycles. The number of nitrogens with one attached hydrogen (secondary N) is 1. The number of carbonyl (C=O) groups excluding carboxylic acids is 1. The Morgan fingerprint density at radius 1 is 1.11 bits per heavy atom. The molecule has 0 saturated heterocycles. The lowest BCUT2D eigenvalue weighted by molar-refractivity contribution is -0.118. The number of aliphatic hydroxyl groups excluding tert-OH is 1. The minimum absolute atomic E-state index is 0.0607. The third-order valence-electron chi connectivity index (χ3n) is 8.50. The van der Waals surface area contributed by atoms with E-state index in [1.54, 1.807) is 6.07 Å². The zero-order valence-corrected chi connectivity index (χ0v) is 21.0. The number of fused-ring (bicyclic) bond motifs is 2. The molecule has 2 fully saturated rings. The smallest absolute Gasteiger partial charge is 0.335 e. The van der Waals surface area contributed by atoms with Crippen LogP contribution in [0.4, 0.5) is 5.69 Å². The molecule has 3 aromatic carbocycles.